The second-order valence-corrected chi connectivity index (χ2v) is 24.2. The minimum absolute atomic E-state index is 0.00625. The van der Waals surface area contributed by atoms with Gasteiger partial charge in [0.15, 0.2) is 0 Å². The van der Waals surface area contributed by atoms with E-state index in [1.165, 1.54) is 31.4 Å². The van der Waals surface area contributed by atoms with Gasteiger partial charge in [0.05, 0.1) is 24.8 Å². The van der Waals surface area contributed by atoms with E-state index in [2.05, 4.69) is 64.0 Å². The molecular formula is C62H98N16O15. The number of amides is 13. The molecule has 2 bridgehead atoms. The smallest absolute Gasteiger partial charge is 0.313 e. The molecule has 10 atom stereocenters. The topological polar surface area (TPSA) is 500 Å². The molecule has 0 spiro atoms. The van der Waals surface area contributed by atoms with Crippen LogP contribution in [0, 0.1) is 23.7 Å². The normalized spacial score (nSPS) is 23.9. The molecule has 1 aliphatic heterocycles. The Morgan fingerprint density at radius 2 is 1.09 bits per heavy atom. The van der Waals surface area contributed by atoms with Crippen LogP contribution in [0.1, 0.15) is 142 Å². The van der Waals surface area contributed by atoms with Gasteiger partial charge < -0.3 is 85.9 Å². The number of rotatable bonds is 16. The molecule has 21 N–H and O–H groups in total. The van der Waals surface area contributed by atoms with Crippen LogP contribution in [0.2, 0.25) is 0 Å². The molecule has 0 aliphatic carbocycles. The molecule has 0 aromatic heterocycles. The van der Waals surface area contributed by atoms with Gasteiger partial charge in [0.25, 0.3) is 11.8 Å². The summed E-state index contributed by atoms with van der Waals surface area (Å²) in [5.41, 5.74) is 28.4. The maximum Gasteiger partial charge on any atom is 0.313 e. The lowest BCUT2D eigenvalue weighted by atomic mass is 9.95. The summed E-state index contributed by atoms with van der Waals surface area (Å²) in [6.45, 7) is 13.8. The summed E-state index contributed by atoms with van der Waals surface area (Å²) in [6, 6.07) is -1.95. The summed E-state index contributed by atoms with van der Waals surface area (Å²) < 4.78 is 5.33. The number of primary amides is 1. The van der Waals surface area contributed by atoms with Crippen LogP contribution in [-0.2, 0) is 64.0 Å². The molecule has 2 aromatic carbocycles. The fourth-order valence-electron chi connectivity index (χ4n) is 9.65. The monoisotopic (exact) mass is 1310 g/mol. The number of unbranched alkanes of at least 4 members (excludes halogenated alkanes) is 1. The van der Waals surface area contributed by atoms with Gasteiger partial charge >= 0.3 is 11.8 Å². The van der Waals surface area contributed by atoms with Crippen LogP contribution in [0.25, 0.3) is 0 Å². The van der Waals surface area contributed by atoms with E-state index in [1.54, 1.807) is 53.7 Å². The Morgan fingerprint density at radius 1 is 0.570 bits per heavy atom. The van der Waals surface area contributed by atoms with Gasteiger partial charge in [-0.2, -0.15) is 0 Å². The van der Waals surface area contributed by atoms with E-state index in [0.717, 1.165) is 6.07 Å². The van der Waals surface area contributed by atoms with Crippen molar-refractivity contribution in [1.82, 2.24) is 58.7 Å². The molecule has 3 rings (SSSR count). The minimum Gasteiger partial charge on any atom is -0.508 e. The number of anilines is 1. The van der Waals surface area contributed by atoms with Crippen molar-refractivity contribution in [3.63, 3.8) is 0 Å². The van der Waals surface area contributed by atoms with Crippen molar-refractivity contribution in [2.75, 3.05) is 32.1 Å². The van der Waals surface area contributed by atoms with Gasteiger partial charge in [-0.15, -0.1) is 0 Å². The maximum absolute atomic E-state index is 14.4. The first-order chi connectivity index (χ1) is 43.9. The summed E-state index contributed by atoms with van der Waals surface area (Å²) in [5.74, 6) is -13.2. The number of aromatic hydroxyl groups is 1. The number of nitrogens with two attached hydrogens (primary N) is 4. The van der Waals surface area contributed by atoms with Crippen molar-refractivity contribution < 1.29 is 72.2 Å². The molecule has 0 saturated heterocycles. The average Bonchev–Trinajstić information content (AvgIpc) is 1.27. The average molecular weight is 1310 g/mol. The fraction of sp³-hybridized carbons (Fsp3) is 0.597. The van der Waals surface area contributed by atoms with Crippen molar-refractivity contribution >= 4 is 82.5 Å². The SMILES string of the molecule is CC[C@@H](C)[C@@H]1NC(=O)[C@H](CCC(N)=O)NC(=O)[C@H](C(C)C)NC(=O)[C@@H](N)CCCNC(=O)[C@H](CC(C)C)NC(=O)[C@H](CCCCN)NC(=O)C(=O)Nc2ccc(OC)c(c2)C(=O)NNC(=O)[C@@H](N)CCCNC(=O)[C@H](Cc2ccc(O)cc2)NC(=O)[C@H](C(C)C)NC1=O. The molecular weight excluding hydrogens is 1210 g/mol. The van der Waals surface area contributed by atoms with Gasteiger partial charge in [-0.1, -0.05) is 73.9 Å². The van der Waals surface area contributed by atoms with E-state index in [0.29, 0.717) is 24.8 Å². The molecule has 13 amide bonds. The first-order valence-electron chi connectivity index (χ1n) is 31.5. The molecule has 516 valence electrons. The number of phenolic OH excluding ortho intramolecular Hbond substituents is 1. The lowest BCUT2D eigenvalue weighted by molar-refractivity contribution is -0.138. The van der Waals surface area contributed by atoms with Crippen LogP contribution in [0.15, 0.2) is 42.5 Å². The summed E-state index contributed by atoms with van der Waals surface area (Å²) in [6.07, 6.45) is 0.677. The predicted octanol–water partition coefficient (Wildman–Crippen LogP) is -2.00. The molecule has 0 radical (unpaired) electrons. The number of benzene rings is 2. The highest BCUT2D eigenvalue weighted by Crippen LogP contribution is 2.23. The third kappa shape index (κ3) is 26.6. The number of phenols is 1. The maximum atomic E-state index is 14.4. The van der Waals surface area contributed by atoms with Crippen LogP contribution in [0.5, 0.6) is 11.5 Å². The highest BCUT2D eigenvalue weighted by Gasteiger charge is 2.37. The zero-order chi connectivity index (χ0) is 69.6. The van der Waals surface area contributed by atoms with Gasteiger partial charge in [-0.3, -0.25) is 73.2 Å². The zero-order valence-electron chi connectivity index (χ0n) is 54.6. The molecule has 2 aromatic rings. The van der Waals surface area contributed by atoms with Gasteiger partial charge in [0.1, 0.15) is 53.8 Å². The largest absolute Gasteiger partial charge is 0.508 e. The molecule has 0 saturated carbocycles. The Kier molecular flexibility index (Phi) is 33.2. The molecule has 93 heavy (non-hydrogen) atoms. The molecule has 1 heterocycles. The predicted molar refractivity (Wildman–Crippen MR) is 343 cm³/mol. The number of fused-ring (bicyclic) bond motifs is 2. The number of ether oxygens (including phenoxy) is 1. The molecule has 0 unspecified atom stereocenters. The fourth-order valence-corrected chi connectivity index (χ4v) is 9.65. The van der Waals surface area contributed by atoms with Crippen LogP contribution in [-0.4, -0.2) is 163 Å². The minimum atomic E-state index is -1.49. The Morgan fingerprint density at radius 3 is 1.63 bits per heavy atom. The number of hydrogen-bond acceptors (Lipinski definition) is 18. The molecule has 31 heteroatoms. The number of carbonyl (C=O) groups is 13. The highest BCUT2D eigenvalue weighted by atomic mass is 16.5. The number of nitrogens with one attached hydrogen (secondary N) is 12. The van der Waals surface area contributed by atoms with E-state index >= 15 is 0 Å². The van der Waals surface area contributed by atoms with E-state index in [1.807, 2.05) is 13.8 Å². The third-order valence-electron chi connectivity index (χ3n) is 15.4. The van der Waals surface area contributed by atoms with Crippen LogP contribution in [0.3, 0.4) is 0 Å². The van der Waals surface area contributed by atoms with E-state index < -0.39 is 149 Å². The van der Waals surface area contributed by atoms with Crippen molar-refractivity contribution in [2.45, 2.75) is 187 Å². The Bertz CT molecular complexity index is 2910. The molecule has 1 aliphatic rings. The lowest BCUT2D eigenvalue weighted by Gasteiger charge is -2.31. The van der Waals surface area contributed by atoms with Crippen LogP contribution < -0.4 is 91.7 Å². The van der Waals surface area contributed by atoms with Gasteiger partial charge in [0, 0.05) is 31.6 Å². The number of carbonyl (C=O) groups excluding carboxylic acids is 13. The summed E-state index contributed by atoms with van der Waals surface area (Å²) in [4.78, 5) is 178. The van der Waals surface area contributed by atoms with Crippen LogP contribution in [0.4, 0.5) is 5.69 Å². The van der Waals surface area contributed by atoms with Gasteiger partial charge in [0.2, 0.25) is 53.2 Å². The van der Waals surface area contributed by atoms with Gasteiger partial charge in [-0.05, 0) is 124 Å². The lowest BCUT2D eigenvalue weighted by Crippen LogP contribution is -2.61. The zero-order valence-corrected chi connectivity index (χ0v) is 54.6. The number of hydrogen-bond donors (Lipinski definition) is 17. The second kappa shape index (κ2) is 39.4. The standard InChI is InChI=1S/C62H98N16O15/c1-10-35(8)50-60(90)75-49(34(6)7)59(89)73-45(30-36-18-21-38(79)22-19-36)55(85)68-28-14-16-41(65)53(83)78-77-51(81)39-31-37(20-24-46(39)93-9)69-61(91)62(92)71-42(17-11-12-26-63)56(86)72-44(29-32(2)3)54(84)67-27-13-15-40(64)52(82)74-48(33(4)5)58(88)70-43(57(87)76-50)23-25-47(66)80/h18-22,24,31-35,40-45,48-50,79H,10-17,23,25-30,63-65H2,1-9H3,(H2,66,80)(H,67,84)(H,68,85)(H,69,91)(H,70,88)(H,71,92)(H,72,86)(H,73,89)(H,74,82)(H,75,90)(H,76,87)(H,77,81)(H,78,83)/t35-,40+,41+,42+,43+,44+,45+,48+,49+,50+/m1/s1. The van der Waals surface area contributed by atoms with Crippen molar-refractivity contribution in [3.8, 4) is 11.5 Å². The first kappa shape index (κ1) is 78.3. The quantitative estimate of drug-likeness (QED) is 0.0638. The highest BCUT2D eigenvalue weighted by molar-refractivity contribution is 6.40. The third-order valence-corrected chi connectivity index (χ3v) is 15.4. The molecule has 0 fully saturated rings. The second-order valence-electron chi connectivity index (χ2n) is 24.2. The Balaban J connectivity index is 2.03. The van der Waals surface area contributed by atoms with Crippen LogP contribution >= 0.6 is 0 Å². The van der Waals surface area contributed by atoms with E-state index in [-0.39, 0.29) is 106 Å². The van der Waals surface area contributed by atoms with E-state index in [9.17, 15) is 67.4 Å². The summed E-state index contributed by atoms with van der Waals surface area (Å²) >= 11 is 0. The van der Waals surface area contributed by atoms with Crippen molar-refractivity contribution in [1.29, 1.82) is 0 Å². The summed E-state index contributed by atoms with van der Waals surface area (Å²) in [5, 5.41) is 36.3. The van der Waals surface area contributed by atoms with Gasteiger partial charge in [-0.25, -0.2) is 0 Å². The Hall–Kier alpha value is -8.97. The summed E-state index contributed by atoms with van der Waals surface area (Å²) in [7, 11) is 1.26. The molecule has 31 nitrogen and oxygen atoms in total. The number of hydrazine groups is 1. The van der Waals surface area contributed by atoms with Crippen molar-refractivity contribution in [3.05, 3.63) is 53.6 Å². The van der Waals surface area contributed by atoms with E-state index in [4.69, 9.17) is 27.7 Å². The van der Waals surface area contributed by atoms with Crippen molar-refractivity contribution in [2.24, 2.45) is 46.6 Å². The number of methoxy groups -OCH3 is 1. The first-order valence-corrected chi connectivity index (χ1v) is 31.5. The Labute approximate surface area is 542 Å².